The molecule has 4 rings (SSSR count). The highest BCUT2D eigenvalue weighted by molar-refractivity contribution is 5.95. The Morgan fingerprint density at radius 1 is 0.935 bits per heavy atom. The summed E-state index contributed by atoms with van der Waals surface area (Å²) >= 11 is 0. The molecule has 2 aromatic rings. The molecule has 162 valence electrons. The lowest BCUT2D eigenvalue weighted by Gasteiger charge is -2.36. The lowest BCUT2D eigenvalue weighted by molar-refractivity contribution is -0.138. The fourth-order valence-corrected chi connectivity index (χ4v) is 4.23. The van der Waals surface area contributed by atoms with Crippen molar-refractivity contribution < 1.29 is 31.1 Å². The lowest BCUT2D eigenvalue weighted by atomic mass is 10.1. The number of piperazine rings is 1. The predicted molar refractivity (Wildman–Crippen MR) is 99.7 cm³/mol. The molecule has 0 saturated carbocycles. The van der Waals surface area contributed by atoms with Gasteiger partial charge in [-0.15, -0.1) is 0 Å². The van der Waals surface area contributed by atoms with Crippen molar-refractivity contribution in [2.75, 3.05) is 18.0 Å². The molecular formula is C21H15F6N3O. The number of alkyl halides is 6. The Bertz CT molecular complexity index is 1050. The standard InChI is InChI=1S/C21H15F6N3O/c1-28-18-7-6-14(9-17(18)21(25,26)27)29-10-16-8-15(29)11-30(16)19(31)12-2-4-13(5-3-12)20(22,23)24/h2-7,9,15-16H,8,10-11H2/t15-,16-/m1/s1. The summed E-state index contributed by atoms with van der Waals surface area (Å²) in [5.74, 6) is -0.403. The molecule has 1 amide bonds. The Labute approximate surface area is 173 Å². The van der Waals surface area contributed by atoms with Crippen molar-refractivity contribution in [3.8, 4) is 0 Å². The summed E-state index contributed by atoms with van der Waals surface area (Å²) in [5, 5.41) is 0. The van der Waals surface area contributed by atoms with Crippen LogP contribution in [0.2, 0.25) is 0 Å². The van der Waals surface area contributed by atoms with Crippen LogP contribution in [0, 0.1) is 6.57 Å². The number of likely N-dealkylation sites (tertiary alicyclic amines) is 1. The maximum absolute atomic E-state index is 13.3. The first-order valence-corrected chi connectivity index (χ1v) is 9.32. The third kappa shape index (κ3) is 3.80. The lowest BCUT2D eigenvalue weighted by Crippen LogP contribution is -2.48. The number of hydrogen-bond acceptors (Lipinski definition) is 2. The third-order valence-corrected chi connectivity index (χ3v) is 5.70. The van der Waals surface area contributed by atoms with Gasteiger partial charge in [0.05, 0.1) is 23.7 Å². The summed E-state index contributed by atoms with van der Waals surface area (Å²) in [5.41, 5.74) is -1.86. The van der Waals surface area contributed by atoms with E-state index in [0.29, 0.717) is 18.7 Å². The minimum absolute atomic E-state index is 0.132. The number of benzene rings is 2. The fraction of sp³-hybridized carbons (Fsp3) is 0.333. The van der Waals surface area contributed by atoms with Crippen LogP contribution in [0.4, 0.5) is 37.7 Å². The van der Waals surface area contributed by atoms with Crippen LogP contribution in [0.3, 0.4) is 0 Å². The van der Waals surface area contributed by atoms with Gasteiger partial charge in [0.25, 0.3) is 5.91 Å². The van der Waals surface area contributed by atoms with E-state index in [1.54, 1.807) is 9.80 Å². The summed E-state index contributed by atoms with van der Waals surface area (Å²) in [6, 6.07) is 7.07. The van der Waals surface area contributed by atoms with Gasteiger partial charge in [-0.05, 0) is 42.8 Å². The van der Waals surface area contributed by atoms with Crippen molar-refractivity contribution in [3.63, 3.8) is 0 Å². The van der Waals surface area contributed by atoms with Gasteiger partial charge in [0.2, 0.25) is 0 Å². The number of anilines is 1. The Morgan fingerprint density at radius 2 is 1.61 bits per heavy atom. The summed E-state index contributed by atoms with van der Waals surface area (Å²) in [6.07, 6.45) is -8.59. The average Bonchev–Trinajstić information content (AvgIpc) is 3.32. The third-order valence-electron chi connectivity index (χ3n) is 5.70. The number of nitrogens with zero attached hydrogens (tertiary/aromatic N) is 3. The van der Waals surface area contributed by atoms with Gasteiger partial charge in [-0.1, -0.05) is 6.07 Å². The van der Waals surface area contributed by atoms with Gasteiger partial charge < -0.3 is 9.80 Å². The number of rotatable bonds is 2. The van der Waals surface area contributed by atoms with E-state index in [-0.39, 0.29) is 24.2 Å². The average molecular weight is 439 g/mol. The van der Waals surface area contributed by atoms with E-state index in [1.807, 2.05) is 0 Å². The molecule has 0 radical (unpaired) electrons. The number of fused-ring (bicyclic) bond motifs is 2. The second-order valence-corrected chi connectivity index (χ2v) is 7.54. The van der Waals surface area contributed by atoms with Crippen molar-refractivity contribution >= 4 is 17.3 Å². The first-order chi connectivity index (χ1) is 14.5. The van der Waals surface area contributed by atoms with E-state index < -0.39 is 35.1 Å². The highest BCUT2D eigenvalue weighted by atomic mass is 19.4. The molecule has 0 spiro atoms. The molecule has 2 saturated heterocycles. The highest BCUT2D eigenvalue weighted by Gasteiger charge is 2.46. The zero-order valence-corrected chi connectivity index (χ0v) is 15.8. The second kappa shape index (κ2) is 7.18. The zero-order valence-electron chi connectivity index (χ0n) is 15.8. The van der Waals surface area contributed by atoms with E-state index in [4.69, 9.17) is 6.57 Å². The predicted octanol–water partition coefficient (Wildman–Crippen LogP) is 5.38. The smallest absolute Gasteiger partial charge is 0.365 e. The van der Waals surface area contributed by atoms with Gasteiger partial charge in [0.1, 0.15) is 0 Å². The Kier molecular flexibility index (Phi) is 4.87. The fourth-order valence-electron chi connectivity index (χ4n) is 4.23. The maximum Gasteiger partial charge on any atom is 0.416 e. The minimum atomic E-state index is -4.65. The van der Waals surface area contributed by atoms with Gasteiger partial charge in [-0.3, -0.25) is 4.79 Å². The van der Waals surface area contributed by atoms with Gasteiger partial charge in [-0.2, -0.15) is 26.3 Å². The van der Waals surface area contributed by atoms with Gasteiger partial charge in [-0.25, -0.2) is 4.85 Å². The zero-order chi connectivity index (χ0) is 22.6. The van der Waals surface area contributed by atoms with E-state index in [2.05, 4.69) is 4.85 Å². The topological polar surface area (TPSA) is 27.9 Å². The molecule has 2 aromatic carbocycles. The van der Waals surface area contributed by atoms with Gasteiger partial charge >= 0.3 is 12.4 Å². The van der Waals surface area contributed by atoms with Crippen LogP contribution in [-0.4, -0.2) is 36.0 Å². The quantitative estimate of drug-likeness (QED) is 0.464. The van der Waals surface area contributed by atoms with Gasteiger partial charge in [0.15, 0.2) is 5.69 Å². The van der Waals surface area contributed by atoms with Gasteiger partial charge in [0, 0.05) is 30.4 Å². The van der Waals surface area contributed by atoms with Crippen molar-refractivity contribution in [2.45, 2.75) is 30.9 Å². The first-order valence-electron chi connectivity index (χ1n) is 9.32. The molecule has 2 aliphatic heterocycles. The number of hydrogen-bond donors (Lipinski definition) is 0. The number of amides is 1. The monoisotopic (exact) mass is 439 g/mol. The SMILES string of the molecule is [C-]#[N+]c1ccc(N2C[C@H]3C[C@@H]2CN3C(=O)c2ccc(C(F)(F)F)cc2)cc1C(F)(F)F. The largest absolute Gasteiger partial charge is 0.416 e. The van der Waals surface area contributed by atoms with Crippen LogP contribution < -0.4 is 4.90 Å². The number of carbonyl (C=O) groups is 1. The molecule has 2 fully saturated rings. The summed E-state index contributed by atoms with van der Waals surface area (Å²) < 4.78 is 77.9. The molecule has 2 heterocycles. The van der Waals surface area contributed by atoms with E-state index in [1.165, 1.54) is 6.07 Å². The Balaban J connectivity index is 1.51. The summed E-state index contributed by atoms with van der Waals surface area (Å²) in [7, 11) is 0. The van der Waals surface area contributed by atoms with Crippen LogP contribution >= 0.6 is 0 Å². The van der Waals surface area contributed by atoms with Crippen molar-refractivity contribution in [2.24, 2.45) is 0 Å². The molecule has 0 N–H and O–H groups in total. The van der Waals surface area contributed by atoms with Crippen LogP contribution in [0.15, 0.2) is 42.5 Å². The molecule has 4 nitrogen and oxygen atoms in total. The van der Waals surface area contributed by atoms with E-state index >= 15 is 0 Å². The minimum Gasteiger partial charge on any atom is -0.365 e. The normalized spacial score (nSPS) is 20.8. The molecular weight excluding hydrogens is 424 g/mol. The van der Waals surface area contributed by atoms with E-state index in [9.17, 15) is 31.1 Å². The number of carbonyl (C=O) groups excluding carboxylic acids is 1. The Morgan fingerprint density at radius 3 is 2.13 bits per heavy atom. The number of halogens is 6. The molecule has 2 atom stereocenters. The van der Waals surface area contributed by atoms with Crippen molar-refractivity contribution in [1.29, 1.82) is 0 Å². The second-order valence-electron chi connectivity index (χ2n) is 7.54. The molecule has 0 unspecified atom stereocenters. The molecule has 0 aromatic heterocycles. The molecule has 10 heteroatoms. The van der Waals surface area contributed by atoms with Crippen molar-refractivity contribution in [1.82, 2.24) is 4.90 Å². The first kappa shape index (κ1) is 21.0. The van der Waals surface area contributed by atoms with Crippen LogP contribution in [0.1, 0.15) is 27.9 Å². The van der Waals surface area contributed by atoms with E-state index in [0.717, 1.165) is 36.4 Å². The van der Waals surface area contributed by atoms with Crippen molar-refractivity contribution in [3.05, 3.63) is 70.6 Å². The molecule has 0 aliphatic carbocycles. The van der Waals surface area contributed by atoms with Crippen LogP contribution in [-0.2, 0) is 12.4 Å². The summed E-state index contributed by atoms with van der Waals surface area (Å²) in [6.45, 7) is 7.51. The highest BCUT2D eigenvalue weighted by Crippen LogP contribution is 2.42. The van der Waals surface area contributed by atoms with Crippen LogP contribution in [0.25, 0.3) is 4.85 Å². The maximum atomic E-state index is 13.3. The molecule has 31 heavy (non-hydrogen) atoms. The molecule has 2 aliphatic rings. The van der Waals surface area contributed by atoms with Crippen LogP contribution in [0.5, 0.6) is 0 Å². The Hall–Kier alpha value is -3.22. The molecule has 2 bridgehead atoms. The summed E-state index contributed by atoms with van der Waals surface area (Å²) in [4.78, 5) is 19.0.